The Morgan fingerprint density at radius 1 is 1.14 bits per heavy atom. The molecule has 4 heterocycles. The monoisotopic (exact) mass is 387 g/mol. The highest BCUT2D eigenvalue weighted by Crippen LogP contribution is 2.36. The zero-order valence-electron chi connectivity index (χ0n) is 16.1. The van der Waals surface area contributed by atoms with Crippen LogP contribution in [0.1, 0.15) is 16.8 Å². The molecule has 0 spiro atoms. The fraction of sp³-hybridized carbons (Fsp3) is 0.273. The SMILES string of the molecule is CN1CCN(c2ccc3c(c2)OC(O)C(c2cn4cc(C#N)ccc4n2)=C3)CC1. The molecule has 0 saturated carbocycles. The quantitative estimate of drug-likeness (QED) is 0.727. The molecule has 2 aromatic heterocycles. The smallest absolute Gasteiger partial charge is 0.226 e. The minimum absolute atomic E-state index is 0.553. The van der Waals surface area contributed by atoms with Gasteiger partial charge in [0.25, 0.3) is 0 Å². The minimum Gasteiger partial charge on any atom is -0.460 e. The summed E-state index contributed by atoms with van der Waals surface area (Å²) in [6.07, 6.45) is 4.35. The van der Waals surface area contributed by atoms with Crippen LogP contribution in [-0.4, -0.2) is 58.9 Å². The van der Waals surface area contributed by atoms with E-state index in [2.05, 4.69) is 34.0 Å². The van der Waals surface area contributed by atoms with Crippen LogP contribution in [0, 0.1) is 11.3 Å². The van der Waals surface area contributed by atoms with Gasteiger partial charge >= 0.3 is 0 Å². The number of aliphatic hydroxyl groups excluding tert-OH is 1. The second kappa shape index (κ2) is 6.92. The molecule has 7 nitrogen and oxygen atoms in total. The third kappa shape index (κ3) is 3.23. The maximum atomic E-state index is 10.6. The van der Waals surface area contributed by atoms with Crippen molar-refractivity contribution in [2.24, 2.45) is 0 Å². The molecule has 3 aromatic rings. The maximum absolute atomic E-state index is 10.6. The molecule has 1 N–H and O–H groups in total. The number of nitriles is 1. The average Bonchev–Trinajstić information content (AvgIpc) is 3.16. The van der Waals surface area contributed by atoms with Crippen LogP contribution in [0.3, 0.4) is 0 Å². The first-order chi connectivity index (χ1) is 14.1. The van der Waals surface area contributed by atoms with Crippen molar-refractivity contribution >= 4 is 23.0 Å². The van der Waals surface area contributed by atoms with E-state index < -0.39 is 6.29 Å². The molecule has 1 aromatic carbocycles. The molecule has 1 saturated heterocycles. The molecule has 2 aliphatic heterocycles. The Morgan fingerprint density at radius 2 is 1.97 bits per heavy atom. The van der Waals surface area contributed by atoms with E-state index >= 15 is 0 Å². The number of aromatic nitrogens is 2. The maximum Gasteiger partial charge on any atom is 0.226 e. The lowest BCUT2D eigenvalue weighted by Gasteiger charge is -2.34. The zero-order valence-corrected chi connectivity index (χ0v) is 16.1. The predicted molar refractivity (Wildman–Crippen MR) is 111 cm³/mol. The number of nitrogens with zero attached hydrogens (tertiary/aromatic N) is 5. The number of likely N-dealkylation sites (N-methyl/N-ethyl adjacent to an activating group) is 1. The van der Waals surface area contributed by atoms with Crippen molar-refractivity contribution in [2.75, 3.05) is 38.1 Å². The van der Waals surface area contributed by atoms with Gasteiger partial charge in [-0.1, -0.05) is 0 Å². The summed E-state index contributed by atoms with van der Waals surface area (Å²) in [5.41, 5.74) is 4.52. The zero-order chi connectivity index (χ0) is 20.0. The fourth-order valence-electron chi connectivity index (χ4n) is 3.83. The third-order valence-electron chi connectivity index (χ3n) is 5.56. The summed E-state index contributed by atoms with van der Waals surface area (Å²) in [5.74, 6) is 0.674. The van der Waals surface area contributed by atoms with Crippen LogP contribution in [0.5, 0.6) is 5.75 Å². The highest BCUT2D eigenvalue weighted by Gasteiger charge is 2.25. The summed E-state index contributed by atoms with van der Waals surface area (Å²) in [6, 6.07) is 11.8. The molecular formula is C22H21N5O2. The molecule has 1 fully saturated rings. The molecule has 0 amide bonds. The molecule has 0 aliphatic carbocycles. The fourth-order valence-corrected chi connectivity index (χ4v) is 3.83. The van der Waals surface area contributed by atoms with Crippen LogP contribution in [0.15, 0.2) is 42.7 Å². The topological polar surface area (TPSA) is 77.0 Å². The highest BCUT2D eigenvalue weighted by molar-refractivity contribution is 5.86. The van der Waals surface area contributed by atoms with Crippen LogP contribution in [-0.2, 0) is 0 Å². The van der Waals surface area contributed by atoms with Crippen molar-refractivity contribution in [3.63, 3.8) is 0 Å². The first kappa shape index (κ1) is 17.7. The van der Waals surface area contributed by atoms with Gasteiger partial charge in [-0.2, -0.15) is 5.26 Å². The predicted octanol–water partition coefficient (Wildman–Crippen LogP) is 2.21. The summed E-state index contributed by atoms with van der Waals surface area (Å²) in [5, 5.41) is 19.7. The molecular weight excluding hydrogens is 366 g/mol. The lowest BCUT2D eigenvalue weighted by Crippen LogP contribution is -2.44. The Labute approximate surface area is 168 Å². The molecule has 146 valence electrons. The molecule has 7 heteroatoms. The van der Waals surface area contributed by atoms with E-state index in [1.54, 1.807) is 28.9 Å². The number of imidazole rings is 1. The molecule has 29 heavy (non-hydrogen) atoms. The number of pyridine rings is 1. The normalized spacial score (nSPS) is 19.4. The second-order valence-corrected chi connectivity index (χ2v) is 7.50. The number of fused-ring (bicyclic) bond motifs is 2. The lowest BCUT2D eigenvalue weighted by atomic mass is 10.0. The largest absolute Gasteiger partial charge is 0.460 e. The van der Waals surface area contributed by atoms with E-state index in [4.69, 9.17) is 10.00 Å². The van der Waals surface area contributed by atoms with Crippen molar-refractivity contribution in [3.8, 4) is 11.8 Å². The number of anilines is 1. The van der Waals surface area contributed by atoms with E-state index in [1.165, 1.54) is 0 Å². The summed E-state index contributed by atoms with van der Waals surface area (Å²) in [7, 11) is 2.14. The number of benzene rings is 1. The number of hydrogen-bond donors (Lipinski definition) is 1. The van der Waals surface area contributed by atoms with Gasteiger partial charge in [0.05, 0.1) is 11.3 Å². The summed E-state index contributed by atoms with van der Waals surface area (Å²) < 4.78 is 7.63. The minimum atomic E-state index is -1.09. The molecule has 5 rings (SSSR count). The van der Waals surface area contributed by atoms with Crippen molar-refractivity contribution in [1.82, 2.24) is 14.3 Å². The van der Waals surface area contributed by atoms with E-state index in [0.717, 1.165) is 37.4 Å². The van der Waals surface area contributed by atoms with E-state index in [0.29, 0.717) is 28.2 Å². The Kier molecular flexibility index (Phi) is 4.23. The summed E-state index contributed by atoms with van der Waals surface area (Å²) in [6.45, 7) is 4.02. The Bertz CT molecular complexity index is 1150. The Morgan fingerprint density at radius 3 is 2.76 bits per heavy atom. The van der Waals surface area contributed by atoms with Gasteiger partial charge < -0.3 is 24.0 Å². The van der Waals surface area contributed by atoms with Crippen LogP contribution in [0.4, 0.5) is 5.69 Å². The van der Waals surface area contributed by atoms with Gasteiger partial charge in [0, 0.05) is 61.5 Å². The number of piperazine rings is 1. The van der Waals surface area contributed by atoms with Gasteiger partial charge in [-0.15, -0.1) is 0 Å². The van der Waals surface area contributed by atoms with Crippen molar-refractivity contribution in [2.45, 2.75) is 6.29 Å². The van der Waals surface area contributed by atoms with E-state index in [1.807, 2.05) is 18.2 Å². The number of ether oxygens (including phenoxy) is 1. The van der Waals surface area contributed by atoms with Crippen LogP contribution in [0.25, 0.3) is 17.3 Å². The first-order valence-corrected chi connectivity index (χ1v) is 9.64. The van der Waals surface area contributed by atoms with Gasteiger partial charge in [0.15, 0.2) is 0 Å². The van der Waals surface area contributed by atoms with Crippen molar-refractivity contribution < 1.29 is 9.84 Å². The molecule has 0 radical (unpaired) electrons. The Hall–Kier alpha value is -3.34. The third-order valence-corrected chi connectivity index (χ3v) is 5.56. The van der Waals surface area contributed by atoms with E-state index in [-0.39, 0.29) is 0 Å². The van der Waals surface area contributed by atoms with Crippen LogP contribution in [0.2, 0.25) is 0 Å². The summed E-state index contributed by atoms with van der Waals surface area (Å²) >= 11 is 0. The number of rotatable bonds is 2. The second-order valence-electron chi connectivity index (χ2n) is 7.50. The molecule has 2 aliphatic rings. The number of aliphatic hydroxyl groups is 1. The van der Waals surface area contributed by atoms with Gasteiger partial charge in [-0.3, -0.25) is 0 Å². The molecule has 1 unspecified atom stereocenters. The van der Waals surface area contributed by atoms with Gasteiger partial charge in [-0.05, 0) is 37.4 Å². The molecule has 1 atom stereocenters. The van der Waals surface area contributed by atoms with Gasteiger partial charge in [0.1, 0.15) is 17.5 Å². The lowest BCUT2D eigenvalue weighted by molar-refractivity contribution is 0.0318. The highest BCUT2D eigenvalue weighted by atomic mass is 16.6. The van der Waals surface area contributed by atoms with Crippen LogP contribution >= 0.6 is 0 Å². The summed E-state index contributed by atoms with van der Waals surface area (Å²) in [4.78, 5) is 9.22. The van der Waals surface area contributed by atoms with Gasteiger partial charge in [-0.25, -0.2) is 4.98 Å². The average molecular weight is 387 g/mol. The Balaban J connectivity index is 1.47. The first-order valence-electron chi connectivity index (χ1n) is 9.64. The van der Waals surface area contributed by atoms with Crippen molar-refractivity contribution in [3.05, 3.63) is 59.5 Å². The molecule has 0 bridgehead atoms. The van der Waals surface area contributed by atoms with E-state index in [9.17, 15) is 5.11 Å². The van der Waals surface area contributed by atoms with Crippen molar-refractivity contribution in [1.29, 1.82) is 5.26 Å². The van der Waals surface area contributed by atoms with Gasteiger partial charge in [0.2, 0.25) is 6.29 Å². The number of hydrogen-bond acceptors (Lipinski definition) is 6. The van der Waals surface area contributed by atoms with Crippen LogP contribution < -0.4 is 9.64 Å². The standard InChI is InChI=1S/C22H21N5O2/c1-25-6-8-26(9-7-25)17-4-3-16-10-18(22(28)29-20(16)11-17)19-14-27-13-15(12-23)2-5-21(27)24-19/h2-5,10-11,13-14,22,28H,6-9H2,1H3.